The number of likely N-dealkylation sites (N-methyl/N-ethyl adjacent to an activating group) is 1. The molecule has 1 spiro atoms. The summed E-state index contributed by atoms with van der Waals surface area (Å²) in [6.45, 7) is 2.16. The van der Waals surface area contributed by atoms with Crippen molar-refractivity contribution < 1.29 is 22.8 Å². The van der Waals surface area contributed by atoms with Crippen molar-refractivity contribution >= 4 is 11.9 Å². The van der Waals surface area contributed by atoms with Crippen molar-refractivity contribution in [3.63, 3.8) is 0 Å². The first kappa shape index (κ1) is 20.2. The molecule has 27 heavy (non-hydrogen) atoms. The van der Waals surface area contributed by atoms with Gasteiger partial charge in [0.15, 0.2) is 0 Å². The van der Waals surface area contributed by atoms with E-state index in [1.54, 1.807) is 11.9 Å². The summed E-state index contributed by atoms with van der Waals surface area (Å²) in [5.41, 5.74) is -0.773. The van der Waals surface area contributed by atoms with Crippen molar-refractivity contribution in [1.29, 1.82) is 0 Å². The number of piperidine rings is 2. The van der Waals surface area contributed by atoms with E-state index in [1.807, 2.05) is 4.90 Å². The van der Waals surface area contributed by atoms with E-state index in [4.69, 9.17) is 0 Å². The van der Waals surface area contributed by atoms with Gasteiger partial charge in [-0.2, -0.15) is 13.2 Å². The van der Waals surface area contributed by atoms with Crippen molar-refractivity contribution in [3.8, 4) is 0 Å². The smallest absolute Gasteiger partial charge is 0.358 e. The second-order valence-corrected chi connectivity index (χ2v) is 8.19. The molecule has 2 aliphatic heterocycles. The maximum absolute atomic E-state index is 13.4. The van der Waals surface area contributed by atoms with E-state index >= 15 is 0 Å². The van der Waals surface area contributed by atoms with E-state index in [2.05, 4.69) is 10.6 Å². The zero-order valence-electron chi connectivity index (χ0n) is 15.8. The fourth-order valence-corrected chi connectivity index (χ4v) is 4.77. The van der Waals surface area contributed by atoms with Gasteiger partial charge >= 0.3 is 12.2 Å². The van der Waals surface area contributed by atoms with Gasteiger partial charge in [0.05, 0.1) is 12.5 Å². The Hall–Kier alpha value is -1.51. The molecule has 0 aromatic heterocycles. The number of hydrogen-bond donors (Lipinski definition) is 2. The molecule has 2 saturated heterocycles. The number of hydrogen-bond acceptors (Lipinski definition) is 3. The maximum atomic E-state index is 13.4. The summed E-state index contributed by atoms with van der Waals surface area (Å²) < 4.78 is 40.1. The topological polar surface area (TPSA) is 64.7 Å². The van der Waals surface area contributed by atoms with Gasteiger partial charge in [-0.15, -0.1) is 0 Å². The predicted octanol–water partition coefficient (Wildman–Crippen LogP) is 1.96. The summed E-state index contributed by atoms with van der Waals surface area (Å²) in [6.07, 6.45) is -0.772. The highest BCUT2D eigenvalue weighted by atomic mass is 19.4. The number of urea groups is 1. The van der Waals surface area contributed by atoms with Crippen LogP contribution in [0.5, 0.6) is 0 Å². The van der Waals surface area contributed by atoms with Gasteiger partial charge in [-0.05, 0) is 37.5 Å². The Bertz CT molecular complexity index is 557. The zero-order chi connectivity index (χ0) is 19.7. The quantitative estimate of drug-likeness (QED) is 0.774. The van der Waals surface area contributed by atoms with Crippen LogP contribution in [0.1, 0.15) is 38.5 Å². The van der Waals surface area contributed by atoms with E-state index in [0.717, 1.165) is 32.4 Å². The Morgan fingerprint density at radius 3 is 2.30 bits per heavy atom. The Labute approximate surface area is 157 Å². The van der Waals surface area contributed by atoms with Gasteiger partial charge in [0.1, 0.15) is 0 Å². The lowest BCUT2D eigenvalue weighted by Crippen LogP contribution is -2.60. The van der Waals surface area contributed by atoms with E-state index in [0.29, 0.717) is 19.4 Å². The summed E-state index contributed by atoms with van der Waals surface area (Å²) in [5.74, 6) is -1.31. The second-order valence-electron chi connectivity index (χ2n) is 8.19. The number of nitrogens with zero attached hydrogens (tertiary/aromatic N) is 2. The monoisotopic (exact) mass is 390 g/mol. The molecule has 2 heterocycles. The van der Waals surface area contributed by atoms with Crippen LogP contribution in [0.4, 0.5) is 18.0 Å². The number of rotatable bonds is 3. The first-order valence-electron chi connectivity index (χ1n) is 9.78. The molecule has 6 nitrogen and oxygen atoms in total. The second kappa shape index (κ2) is 7.85. The van der Waals surface area contributed by atoms with E-state index in [1.165, 1.54) is 0 Å². The number of carbonyl (C=O) groups excluding carboxylic acids is 2. The van der Waals surface area contributed by atoms with Gasteiger partial charge in [0, 0.05) is 39.3 Å². The average molecular weight is 390 g/mol. The van der Waals surface area contributed by atoms with Crippen molar-refractivity contribution in [2.75, 3.05) is 39.8 Å². The van der Waals surface area contributed by atoms with Gasteiger partial charge in [-0.3, -0.25) is 9.69 Å². The maximum Gasteiger partial charge on any atom is 0.392 e. The number of amides is 3. The number of likely N-dealkylation sites (tertiary alicyclic amines) is 2. The van der Waals surface area contributed by atoms with Crippen molar-refractivity contribution in [1.82, 2.24) is 20.4 Å². The highest BCUT2D eigenvalue weighted by Crippen LogP contribution is 2.56. The summed E-state index contributed by atoms with van der Waals surface area (Å²) in [6, 6.07) is -0.234. The summed E-state index contributed by atoms with van der Waals surface area (Å²) in [4.78, 5) is 27.7. The Morgan fingerprint density at radius 1 is 1.11 bits per heavy atom. The van der Waals surface area contributed by atoms with Gasteiger partial charge in [0.2, 0.25) is 5.91 Å². The van der Waals surface area contributed by atoms with Crippen LogP contribution in [0, 0.1) is 11.3 Å². The summed E-state index contributed by atoms with van der Waals surface area (Å²) in [7, 11) is 1.60. The zero-order valence-corrected chi connectivity index (χ0v) is 15.8. The molecule has 0 aromatic rings. The molecule has 9 heteroatoms. The molecule has 3 fully saturated rings. The molecule has 1 unspecified atom stereocenters. The molecule has 0 radical (unpaired) electrons. The first-order chi connectivity index (χ1) is 12.7. The molecule has 0 aromatic carbocycles. The molecular formula is C18H29F3N4O2. The molecule has 3 amide bonds. The van der Waals surface area contributed by atoms with E-state index < -0.39 is 17.5 Å². The Kier molecular flexibility index (Phi) is 5.88. The molecular weight excluding hydrogens is 361 g/mol. The average Bonchev–Trinajstić information content (AvgIpc) is 2.60. The van der Waals surface area contributed by atoms with Crippen LogP contribution < -0.4 is 10.6 Å². The van der Waals surface area contributed by atoms with Crippen LogP contribution in [-0.2, 0) is 4.79 Å². The third-order valence-electron chi connectivity index (χ3n) is 6.53. The van der Waals surface area contributed by atoms with Crippen LogP contribution in [0.2, 0.25) is 0 Å². The number of alkyl halides is 3. The minimum atomic E-state index is -4.18. The van der Waals surface area contributed by atoms with Crippen LogP contribution in [0.3, 0.4) is 0 Å². The summed E-state index contributed by atoms with van der Waals surface area (Å²) in [5, 5.41) is 5.59. The molecule has 0 bridgehead atoms. The number of nitrogens with one attached hydrogen (secondary N) is 2. The standard InChI is InChI=1S/C18H29F3N4O2/c1-22-15(26)11-24-8-3-13(4-9-24)23-16(27)25-10-5-14(18(19,20)21)17(12-25)6-2-7-17/h13-14H,2-12H2,1H3,(H,22,26)(H,23,27). The van der Waals surface area contributed by atoms with Crippen LogP contribution in [-0.4, -0.2) is 73.7 Å². The lowest BCUT2D eigenvalue weighted by molar-refractivity contribution is -0.235. The molecule has 1 saturated carbocycles. The van der Waals surface area contributed by atoms with Crippen molar-refractivity contribution in [3.05, 3.63) is 0 Å². The highest BCUT2D eigenvalue weighted by Gasteiger charge is 2.58. The molecule has 1 atom stereocenters. The van der Waals surface area contributed by atoms with Crippen LogP contribution in [0.25, 0.3) is 0 Å². The largest absolute Gasteiger partial charge is 0.392 e. The Morgan fingerprint density at radius 2 is 1.78 bits per heavy atom. The van der Waals surface area contributed by atoms with Gasteiger partial charge in [0.25, 0.3) is 0 Å². The molecule has 2 N–H and O–H groups in total. The van der Waals surface area contributed by atoms with Gasteiger partial charge in [-0.1, -0.05) is 6.42 Å². The highest BCUT2D eigenvalue weighted by molar-refractivity contribution is 5.77. The first-order valence-corrected chi connectivity index (χ1v) is 9.78. The third-order valence-corrected chi connectivity index (χ3v) is 6.53. The van der Waals surface area contributed by atoms with Crippen molar-refractivity contribution in [2.45, 2.75) is 50.7 Å². The fourth-order valence-electron chi connectivity index (χ4n) is 4.77. The van der Waals surface area contributed by atoms with Crippen molar-refractivity contribution in [2.24, 2.45) is 11.3 Å². The normalized spacial score (nSPS) is 26.5. The molecule has 3 rings (SSSR count). The fraction of sp³-hybridized carbons (Fsp3) is 0.889. The predicted molar refractivity (Wildman–Crippen MR) is 94.1 cm³/mol. The third kappa shape index (κ3) is 4.50. The lowest BCUT2D eigenvalue weighted by Gasteiger charge is -2.54. The van der Waals surface area contributed by atoms with Crippen LogP contribution >= 0.6 is 0 Å². The minimum Gasteiger partial charge on any atom is -0.358 e. The molecule has 154 valence electrons. The lowest BCUT2D eigenvalue weighted by atomic mass is 9.58. The Balaban J connectivity index is 1.49. The SMILES string of the molecule is CNC(=O)CN1CCC(NC(=O)N2CCC(C(F)(F)F)C3(CCC3)C2)CC1. The molecule has 3 aliphatic rings. The number of carbonyl (C=O) groups is 2. The van der Waals surface area contributed by atoms with Crippen LogP contribution in [0.15, 0.2) is 0 Å². The van der Waals surface area contributed by atoms with Gasteiger partial charge in [-0.25, -0.2) is 4.79 Å². The number of halogens is 3. The van der Waals surface area contributed by atoms with E-state index in [-0.39, 0.29) is 37.5 Å². The summed E-state index contributed by atoms with van der Waals surface area (Å²) >= 11 is 0. The van der Waals surface area contributed by atoms with Gasteiger partial charge < -0.3 is 15.5 Å². The minimum absolute atomic E-state index is 0.00148. The van der Waals surface area contributed by atoms with E-state index in [9.17, 15) is 22.8 Å². The molecule has 1 aliphatic carbocycles.